The highest BCUT2D eigenvalue weighted by Crippen LogP contribution is 2.41. The van der Waals surface area contributed by atoms with Gasteiger partial charge in [0.1, 0.15) is 0 Å². The van der Waals surface area contributed by atoms with Gasteiger partial charge in [0.2, 0.25) is 0 Å². The van der Waals surface area contributed by atoms with E-state index in [1.165, 1.54) is 43.5 Å². The summed E-state index contributed by atoms with van der Waals surface area (Å²) in [7, 11) is 2.18. The van der Waals surface area contributed by atoms with Crippen molar-refractivity contribution in [3.63, 3.8) is 0 Å². The van der Waals surface area contributed by atoms with Gasteiger partial charge in [-0.15, -0.1) is 0 Å². The molecule has 0 aliphatic carbocycles. The summed E-state index contributed by atoms with van der Waals surface area (Å²) in [6.45, 7) is 4.06. The fourth-order valence-corrected chi connectivity index (χ4v) is 4.07. The van der Waals surface area contributed by atoms with Gasteiger partial charge in [0.25, 0.3) is 0 Å². The Labute approximate surface area is 126 Å². The smallest absolute Gasteiger partial charge is 0.0493 e. The molecule has 0 saturated carbocycles. The third-order valence-corrected chi connectivity index (χ3v) is 5.16. The van der Waals surface area contributed by atoms with Crippen LogP contribution in [0.15, 0.2) is 18.2 Å². The first-order valence-corrected chi connectivity index (χ1v) is 8.03. The van der Waals surface area contributed by atoms with Crippen molar-refractivity contribution in [2.45, 2.75) is 31.3 Å². The summed E-state index contributed by atoms with van der Waals surface area (Å²) in [4.78, 5) is 5.00. The molecule has 1 aromatic carbocycles. The first kappa shape index (κ1) is 14.3. The van der Waals surface area contributed by atoms with Gasteiger partial charge in [-0.25, -0.2) is 0 Å². The summed E-state index contributed by atoms with van der Waals surface area (Å²) in [6, 6.07) is 6.99. The van der Waals surface area contributed by atoms with Crippen LogP contribution in [0.3, 0.4) is 0 Å². The summed E-state index contributed by atoms with van der Waals surface area (Å²) in [5, 5.41) is 0.907. The minimum absolute atomic E-state index is 0.296. The number of piperidine rings is 1. The average Bonchev–Trinajstić information content (AvgIpc) is 2.47. The Hall–Kier alpha value is -0.610. The van der Waals surface area contributed by atoms with Crippen molar-refractivity contribution in [1.29, 1.82) is 0 Å². The van der Waals surface area contributed by atoms with Crippen LogP contribution >= 0.6 is 11.6 Å². The molecule has 2 atom stereocenters. The second-order valence-corrected chi connectivity index (χ2v) is 6.45. The number of benzene rings is 1. The van der Waals surface area contributed by atoms with E-state index in [1.807, 2.05) is 6.07 Å². The van der Waals surface area contributed by atoms with Gasteiger partial charge in [0.15, 0.2) is 0 Å². The molecule has 2 heterocycles. The minimum atomic E-state index is 0.296. The van der Waals surface area contributed by atoms with E-state index < -0.39 is 0 Å². The van der Waals surface area contributed by atoms with Crippen molar-refractivity contribution in [2.24, 2.45) is 5.73 Å². The van der Waals surface area contributed by atoms with E-state index in [-0.39, 0.29) is 0 Å². The largest absolute Gasteiger partial charge is 0.329 e. The van der Waals surface area contributed by atoms with Gasteiger partial charge in [-0.05, 0) is 50.2 Å². The molecule has 0 bridgehead atoms. The molecule has 3 rings (SSSR count). The normalized spacial score (nSPS) is 28.4. The Balaban J connectivity index is 2.00. The molecule has 2 N–H and O–H groups in total. The maximum Gasteiger partial charge on any atom is 0.0493 e. The van der Waals surface area contributed by atoms with Gasteiger partial charge in [-0.2, -0.15) is 0 Å². The molecule has 3 nitrogen and oxygen atoms in total. The number of hydrogen-bond acceptors (Lipinski definition) is 3. The predicted octanol–water partition coefficient (Wildman–Crippen LogP) is 2.81. The second-order valence-electron chi connectivity index (χ2n) is 6.05. The van der Waals surface area contributed by atoms with Crippen LogP contribution in [0, 0.1) is 0 Å². The summed E-state index contributed by atoms with van der Waals surface area (Å²) in [5.74, 6) is 0. The van der Waals surface area contributed by atoms with Gasteiger partial charge in [-0.3, -0.25) is 9.80 Å². The standard InChI is InChI=1S/C16H24ClN3/c1-19-11-15(20-8-3-2-4-9-20)16-12(14(19)10-18)6-5-7-13(16)17/h5-7,14-15H,2-4,8-11,18H2,1H3. The van der Waals surface area contributed by atoms with Crippen LogP contribution in [0.4, 0.5) is 0 Å². The molecule has 110 valence electrons. The zero-order valence-corrected chi connectivity index (χ0v) is 12.9. The predicted molar refractivity (Wildman–Crippen MR) is 84.0 cm³/mol. The van der Waals surface area contributed by atoms with E-state index in [4.69, 9.17) is 17.3 Å². The number of likely N-dealkylation sites (tertiary alicyclic amines) is 1. The molecule has 1 aromatic rings. The molecule has 1 saturated heterocycles. The Morgan fingerprint density at radius 1 is 1.25 bits per heavy atom. The van der Waals surface area contributed by atoms with E-state index in [1.54, 1.807) is 0 Å². The van der Waals surface area contributed by atoms with Gasteiger partial charge >= 0.3 is 0 Å². The van der Waals surface area contributed by atoms with Crippen molar-refractivity contribution in [2.75, 3.05) is 33.2 Å². The molecule has 0 amide bonds. The van der Waals surface area contributed by atoms with E-state index in [2.05, 4.69) is 29.0 Å². The van der Waals surface area contributed by atoms with Crippen molar-refractivity contribution in [1.82, 2.24) is 9.80 Å². The number of halogens is 1. The van der Waals surface area contributed by atoms with E-state index in [0.717, 1.165) is 11.6 Å². The van der Waals surface area contributed by atoms with Gasteiger partial charge in [0.05, 0.1) is 0 Å². The molecule has 4 heteroatoms. The zero-order chi connectivity index (χ0) is 14.1. The van der Waals surface area contributed by atoms with Crippen molar-refractivity contribution < 1.29 is 0 Å². The quantitative estimate of drug-likeness (QED) is 0.910. The lowest BCUT2D eigenvalue weighted by atomic mass is 9.88. The van der Waals surface area contributed by atoms with Crippen LogP contribution in [0.5, 0.6) is 0 Å². The molecule has 0 radical (unpaired) electrons. The molecule has 20 heavy (non-hydrogen) atoms. The second kappa shape index (κ2) is 6.02. The number of likely N-dealkylation sites (N-methyl/N-ethyl adjacent to an activating group) is 1. The van der Waals surface area contributed by atoms with Gasteiger partial charge in [0, 0.05) is 30.2 Å². The number of rotatable bonds is 2. The third-order valence-electron chi connectivity index (χ3n) is 4.83. The number of fused-ring (bicyclic) bond motifs is 1. The van der Waals surface area contributed by atoms with Crippen LogP contribution in [0.25, 0.3) is 0 Å². The summed E-state index contributed by atoms with van der Waals surface area (Å²) < 4.78 is 0. The molecule has 0 spiro atoms. The summed E-state index contributed by atoms with van der Waals surface area (Å²) in [5.41, 5.74) is 8.63. The number of nitrogens with two attached hydrogens (primary N) is 1. The first-order chi connectivity index (χ1) is 9.72. The Kier molecular flexibility index (Phi) is 4.32. The SMILES string of the molecule is CN1CC(N2CCCCC2)c2c(Cl)cccc2C1CN. The van der Waals surface area contributed by atoms with Crippen LogP contribution in [-0.4, -0.2) is 43.0 Å². The lowest BCUT2D eigenvalue weighted by molar-refractivity contribution is 0.0956. The topological polar surface area (TPSA) is 32.5 Å². The molecule has 2 unspecified atom stereocenters. The first-order valence-electron chi connectivity index (χ1n) is 7.65. The van der Waals surface area contributed by atoms with E-state index in [0.29, 0.717) is 18.6 Å². The lowest BCUT2D eigenvalue weighted by Gasteiger charge is -2.44. The highest BCUT2D eigenvalue weighted by molar-refractivity contribution is 6.31. The molecular weight excluding hydrogens is 270 g/mol. The Bertz CT molecular complexity index is 471. The molecule has 2 aliphatic heterocycles. The van der Waals surface area contributed by atoms with E-state index in [9.17, 15) is 0 Å². The van der Waals surface area contributed by atoms with Gasteiger partial charge in [-0.1, -0.05) is 30.2 Å². The van der Waals surface area contributed by atoms with Crippen LogP contribution in [-0.2, 0) is 0 Å². The van der Waals surface area contributed by atoms with E-state index >= 15 is 0 Å². The maximum atomic E-state index is 6.54. The molecule has 2 aliphatic rings. The van der Waals surface area contributed by atoms with Crippen molar-refractivity contribution in [3.8, 4) is 0 Å². The molecule has 1 fully saturated rings. The van der Waals surface area contributed by atoms with Crippen LogP contribution in [0.1, 0.15) is 42.5 Å². The fourth-order valence-electron chi connectivity index (χ4n) is 3.76. The van der Waals surface area contributed by atoms with Crippen molar-refractivity contribution >= 4 is 11.6 Å². The minimum Gasteiger partial charge on any atom is -0.329 e. The summed E-state index contributed by atoms with van der Waals surface area (Å²) >= 11 is 6.54. The fraction of sp³-hybridized carbons (Fsp3) is 0.625. The highest BCUT2D eigenvalue weighted by atomic mass is 35.5. The third kappa shape index (κ3) is 2.48. The van der Waals surface area contributed by atoms with Gasteiger partial charge < -0.3 is 5.73 Å². The Morgan fingerprint density at radius 3 is 2.70 bits per heavy atom. The number of nitrogens with zero attached hydrogens (tertiary/aromatic N) is 2. The molecule has 0 aromatic heterocycles. The summed E-state index contributed by atoms with van der Waals surface area (Å²) in [6.07, 6.45) is 3.97. The lowest BCUT2D eigenvalue weighted by Crippen LogP contribution is -2.46. The highest BCUT2D eigenvalue weighted by Gasteiger charge is 2.35. The monoisotopic (exact) mass is 293 g/mol. The number of hydrogen-bond donors (Lipinski definition) is 1. The zero-order valence-electron chi connectivity index (χ0n) is 12.2. The molecular formula is C16H24ClN3. The van der Waals surface area contributed by atoms with Crippen LogP contribution < -0.4 is 5.73 Å². The maximum absolute atomic E-state index is 6.54. The van der Waals surface area contributed by atoms with Crippen molar-refractivity contribution in [3.05, 3.63) is 34.3 Å². The van der Waals surface area contributed by atoms with Crippen LogP contribution in [0.2, 0.25) is 5.02 Å². The Morgan fingerprint density at radius 2 is 2.00 bits per heavy atom. The average molecular weight is 294 g/mol.